The Morgan fingerprint density at radius 2 is 1.86 bits per heavy atom. The van der Waals surface area contributed by atoms with Gasteiger partial charge >= 0.3 is 0 Å². The van der Waals surface area contributed by atoms with E-state index in [-0.39, 0.29) is 0 Å². The molecule has 7 rings (SSSR count). The van der Waals surface area contributed by atoms with E-state index in [0.717, 1.165) is 64.2 Å². The second-order valence-electron chi connectivity index (χ2n) is 9.31. The van der Waals surface area contributed by atoms with Crippen LogP contribution in [0, 0.1) is 6.92 Å². The number of fused-ring (bicyclic) bond motifs is 2. The zero-order valence-corrected chi connectivity index (χ0v) is 20.6. The summed E-state index contributed by atoms with van der Waals surface area (Å²) in [4.78, 5) is 26.9. The Balaban J connectivity index is 1.28. The first-order valence-corrected chi connectivity index (χ1v) is 13.0. The number of rotatable bonds is 5. The lowest BCUT2D eigenvalue weighted by atomic mass is 10.1. The summed E-state index contributed by atoms with van der Waals surface area (Å²) >= 11 is 1.75. The van der Waals surface area contributed by atoms with E-state index < -0.39 is 0 Å². The van der Waals surface area contributed by atoms with Gasteiger partial charge in [0.1, 0.15) is 11.2 Å². The molecule has 0 unspecified atom stereocenters. The van der Waals surface area contributed by atoms with Crippen molar-refractivity contribution in [2.24, 2.45) is 0 Å². The molecule has 1 aliphatic heterocycles. The van der Waals surface area contributed by atoms with Crippen molar-refractivity contribution in [2.75, 3.05) is 13.1 Å². The first kappa shape index (κ1) is 21.3. The van der Waals surface area contributed by atoms with Crippen molar-refractivity contribution in [3.05, 3.63) is 65.6 Å². The minimum absolute atomic E-state index is 0.671. The molecule has 6 aromatic rings. The molecular weight excluding hydrogens is 468 g/mol. The molecule has 0 radical (unpaired) electrons. The molecule has 0 aliphatic carbocycles. The maximum absolute atomic E-state index is 4.93. The smallest absolute Gasteiger partial charge is 0.161 e. The molecule has 0 bridgehead atoms. The van der Waals surface area contributed by atoms with Crippen LogP contribution in [0.1, 0.15) is 23.3 Å². The highest BCUT2D eigenvalue weighted by Crippen LogP contribution is 2.34. The molecule has 36 heavy (non-hydrogen) atoms. The Hall–Kier alpha value is -3.95. The van der Waals surface area contributed by atoms with Crippen LogP contribution in [-0.2, 0) is 6.54 Å². The highest BCUT2D eigenvalue weighted by Gasteiger charge is 2.18. The first-order valence-electron chi connectivity index (χ1n) is 12.1. The van der Waals surface area contributed by atoms with E-state index in [1.807, 2.05) is 30.9 Å². The number of hydrogen-bond acceptors (Lipinski definition) is 7. The Bertz CT molecular complexity index is 1710. The van der Waals surface area contributed by atoms with E-state index in [0.29, 0.717) is 5.82 Å². The van der Waals surface area contributed by atoms with Crippen molar-refractivity contribution in [3.8, 4) is 33.1 Å². The topological polar surface area (TPSA) is 99.3 Å². The fourth-order valence-electron chi connectivity index (χ4n) is 4.97. The number of aryl methyl sites for hydroxylation is 1. The van der Waals surface area contributed by atoms with Crippen LogP contribution in [0.15, 0.2) is 55.1 Å². The number of nitrogens with one attached hydrogen (secondary N) is 2. The highest BCUT2D eigenvalue weighted by molar-refractivity contribution is 7.15. The van der Waals surface area contributed by atoms with E-state index >= 15 is 0 Å². The molecular formula is C27H24N8S. The van der Waals surface area contributed by atoms with Gasteiger partial charge in [0.25, 0.3) is 0 Å². The summed E-state index contributed by atoms with van der Waals surface area (Å²) in [5.41, 5.74) is 7.38. The maximum atomic E-state index is 4.93. The predicted molar refractivity (Wildman–Crippen MR) is 143 cm³/mol. The lowest BCUT2D eigenvalue weighted by Crippen LogP contribution is -2.18. The number of hydrogen-bond donors (Lipinski definition) is 2. The molecule has 0 atom stereocenters. The minimum atomic E-state index is 0.671. The van der Waals surface area contributed by atoms with Crippen molar-refractivity contribution in [1.82, 2.24) is 40.0 Å². The van der Waals surface area contributed by atoms with Gasteiger partial charge in [-0.15, -0.1) is 11.3 Å². The van der Waals surface area contributed by atoms with Crippen molar-refractivity contribution < 1.29 is 0 Å². The average molecular weight is 493 g/mol. The van der Waals surface area contributed by atoms with Gasteiger partial charge in [-0.05, 0) is 68.8 Å². The number of H-pyrrole nitrogens is 2. The molecule has 1 saturated heterocycles. The Morgan fingerprint density at radius 1 is 0.972 bits per heavy atom. The van der Waals surface area contributed by atoms with Crippen LogP contribution in [0.25, 0.3) is 55.3 Å². The van der Waals surface area contributed by atoms with Crippen molar-refractivity contribution in [3.63, 3.8) is 0 Å². The second kappa shape index (κ2) is 8.61. The fourth-order valence-corrected chi connectivity index (χ4v) is 5.87. The third-order valence-corrected chi connectivity index (χ3v) is 7.80. The van der Waals surface area contributed by atoms with Crippen LogP contribution in [0.4, 0.5) is 0 Å². The molecule has 7 heterocycles. The van der Waals surface area contributed by atoms with E-state index in [9.17, 15) is 0 Å². The van der Waals surface area contributed by atoms with Gasteiger partial charge in [-0.1, -0.05) is 0 Å². The Labute approximate surface area is 211 Å². The summed E-state index contributed by atoms with van der Waals surface area (Å²) in [7, 11) is 0. The number of pyridine rings is 3. The third-order valence-electron chi connectivity index (χ3n) is 6.76. The molecule has 1 fully saturated rings. The second-order valence-corrected chi connectivity index (χ2v) is 10.6. The molecule has 0 aromatic carbocycles. The summed E-state index contributed by atoms with van der Waals surface area (Å²) in [5.74, 6) is 0.671. The zero-order valence-electron chi connectivity index (χ0n) is 19.8. The molecule has 9 heteroatoms. The maximum Gasteiger partial charge on any atom is 0.161 e. The van der Waals surface area contributed by atoms with Gasteiger partial charge in [-0.25, -0.2) is 15.0 Å². The molecule has 0 spiro atoms. The summed E-state index contributed by atoms with van der Waals surface area (Å²) in [6, 6.07) is 10.6. The van der Waals surface area contributed by atoms with Gasteiger partial charge in [0, 0.05) is 57.8 Å². The van der Waals surface area contributed by atoms with E-state index in [2.05, 4.69) is 66.2 Å². The van der Waals surface area contributed by atoms with Crippen LogP contribution >= 0.6 is 11.3 Å². The summed E-state index contributed by atoms with van der Waals surface area (Å²) in [6.07, 6.45) is 10.1. The molecule has 8 nitrogen and oxygen atoms in total. The molecule has 1 aliphatic rings. The van der Waals surface area contributed by atoms with E-state index in [1.165, 1.54) is 28.2 Å². The fraction of sp³-hybridized carbons (Fsp3) is 0.222. The van der Waals surface area contributed by atoms with Crippen molar-refractivity contribution >= 4 is 33.5 Å². The molecule has 2 N–H and O–H groups in total. The Morgan fingerprint density at radius 3 is 2.72 bits per heavy atom. The quantitative estimate of drug-likeness (QED) is 0.325. The van der Waals surface area contributed by atoms with Gasteiger partial charge in [-0.3, -0.25) is 15.0 Å². The van der Waals surface area contributed by atoms with Crippen molar-refractivity contribution in [2.45, 2.75) is 26.3 Å². The van der Waals surface area contributed by atoms with Crippen molar-refractivity contribution in [1.29, 1.82) is 0 Å². The van der Waals surface area contributed by atoms with Gasteiger partial charge in [0.05, 0.1) is 5.39 Å². The monoisotopic (exact) mass is 492 g/mol. The van der Waals surface area contributed by atoms with Crippen LogP contribution in [0.2, 0.25) is 0 Å². The van der Waals surface area contributed by atoms with Crippen LogP contribution < -0.4 is 0 Å². The number of aromatic nitrogens is 7. The lowest BCUT2D eigenvalue weighted by molar-refractivity contribution is 0.331. The predicted octanol–water partition coefficient (Wildman–Crippen LogP) is 5.59. The number of nitrogens with zero attached hydrogens (tertiary/aromatic N) is 6. The van der Waals surface area contributed by atoms with Gasteiger partial charge in [0.2, 0.25) is 0 Å². The zero-order chi connectivity index (χ0) is 24.1. The first-order chi connectivity index (χ1) is 17.7. The van der Waals surface area contributed by atoms with Gasteiger partial charge in [0.15, 0.2) is 17.1 Å². The summed E-state index contributed by atoms with van der Waals surface area (Å²) in [6.45, 7) is 5.37. The third kappa shape index (κ3) is 3.77. The summed E-state index contributed by atoms with van der Waals surface area (Å²) in [5, 5.41) is 8.52. The normalized spacial score (nSPS) is 14.4. The molecule has 0 saturated carbocycles. The van der Waals surface area contributed by atoms with Crippen LogP contribution in [0.3, 0.4) is 0 Å². The van der Waals surface area contributed by atoms with E-state index in [1.54, 1.807) is 11.3 Å². The van der Waals surface area contributed by atoms with Crippen LogP contribution in [0.5, 0.6) is 0 Å². The summed E-state index contributed by atoms with van der Waals surface area (Å²) < 4.78 is 0. The number of thiophene rings is 1. The average Bonchev–Trinajstić information content (AvgIpc) is 3.70. The van der Waals surface area contributed by atoms with Gasteiger partial charge in [-0.2, -0.15) is 5.10 Å². The lowest BCUT2D eigenvalue weighted by Gasteiger charge is -2.14. The SMILES string of the molecule is Cc1ccc(-c2ccnc3[nH]c(-c4n[nH]c5ncc(-c6cncc(CN7CCCC7)c6)cc45)nc23)s1. The standard InChI is InChI=1S/C27H24N8S/c1-16-4-5-22(36-16)20-6-7-29-26-23(20)31-27(32-26)24-21-11-19(14-30-25(21)34-33-24)18-10-17(12-28-13-18)15-35-8-2-3-9-35/h4-7,10-14H,2-3,8-9,15H2,1H3,(H,29,31,32)(H,30,33,34). The van der Waals surface area contributed by atoms with Crippen LogP contribution in [-0.4, -0.2) is 53.1 Å². The Kier molecular flexibility index (Phi) is 5.11. The largest absolute Gasteiger partial charge is 0.321 e. The highest BCUT2D eigenvalue weighted by atomic mass is 32.1. The number of likely N-dealkylation sites (tertiary alicyclic amines) is 1. The van der Waals surface area contributed by atoms with Gasteiger partial charge < -0.3 is 4.98 Å². The molecule has 6 aromatic heterocycles. The van der Waals surface area contributed by atoms with E-state index in [4.69, 9.17) is 4.98 Å². The molecule has 178 valence electrons. The molecule has 0 amide bonds. The number of imidazole rings is 1. The number of aromatic amines is 2. The minimum Gasteiger partial charge on any atom is -0.321 e.